The fourth-order valence-electron chi connectivity index (χ4n) is 3.53. The topological polar surface area (TPSA) is 73.0 Å². The van der Waals surface area contributed by atoms with Gasteiger partial charge in [-0.3, -0.25) is 4.79 Å². The zero-order chi connectivity index (χ0) is 22.3. The molecule has 0 saturated carbocycles. The molecule has 0 bridgehead atoms. The van der Waals surface area contributed by atoms with Crippen molar-refractivity contribution in [2.45, 2.75) is 24.3 Å². The monoisotopic (exact) mass is 444 g/mol. The van der Waals surface area contributed by atoms with Gasteiger partial charge in [0, 0.05) is 58.4 Å². The van der Waals surface area contributed by atoms with E-state index in [1.807, 2.05) is 12.1 Å². The molecule has 7 nitrogen and oxygen atoms in total. The first-order chi connectivity index (χ1) is 14.9. The molecule has 0 atom stereocenters. The molecule has 3 rings (SSSR count). The number of piperazine rings is 1. The number of anilines is 1. The lowest BCUT2D eigenvalue weighted by molar-refractivity contribution is -0.121. The summed E-state index contributed by atoms with van der Waals surface area (Å²) < 4.78 is 26.3. The number of hydrogen-bond acceptors (Lipinski definition) is 5. The zero-order valence-electron chi connectivity index (χ0n) is 18.3. The van der Waals surface area contributed by atoms with Gasteiger partial charge in [-0.15, -0.1) is 0 Å². The van der Waals surface area contributed by atoms with Crippen LogP contribution in [0, 0.1) is 0 Å². The number of benzene rings is 2. The van der Waals surface area contributed by atoms with Crippen LogP contribution in [0.5, 0.6) is 0 Å². The fraction of sp³-hybridized carbons (Fsp3) is 0.435. The van der Waals surface area contributed by atoms with E-state index < -0.39 is 10.0 Å². The number of sulfonamides is 1. The average molecular weight is 445 g/mol. The third kappa shape index (κ3) is 6.53. The molecule has 1 aliphatic rings. The van der Waals surface area contributed by atoms with Crippen LogP contribution in [0.1, 0.15) is 18.4 Å². The smallest absolute Gasteiger partial charge is 0.242 e. The molecular formula is C23H32N4O3S. The van der Waals surface area contributed by atoms with E-state index in [9.17, 15) is 13.2 Å². The van der Waals surface area contributed by atoms with Gasteiger partial charge in [-0.05, 0) is 43.3 Å². The SMILES string of the molecule is CN1CCN(c2ccc(CNC(=O)CCCN(C)S(=O)(=O)c3ccccc3)cc2)CC1. The van der Waals surface area contributed by atoms with Gasteiger partial charge in [0.15, 0.2) is 0 Å². The lowest BCUT2D eigenvalue weighted by Crippen LogP contribution is -2.44. The van der Waals surface area contributed by atoms with Crippen molar-refractivity contribution in [3.05, 3.63) is 60.2 Å². The number of nitrogens with zero attached hydrogens (tertiary/aromatic N) is 3. The van der Waals surface area contributed by atoms with Crippen molar-refractivity contribution in [2.24, 2.45) is 0 Å². The van der Waals surface area contributed by atoms with Gasteiger partial charge in [0.2, 0.25) is 15.9 Å². The highest BCUT2D eigenvalue weighted by Crippen LogP contribution is 2.17. The summed E-state index contributed by atoms with van der Waals surface area (Å²) in [7, 11) is 0.172. The maximum Gasteiger partial charge on any atom is 0.242 e. The Balaban J connectivity index is 1.39. The summed E-state index contributed by atoms with van der Waals surface area (Å²) in [5.74, 6) is -0.0753. The third-order valence-electron chi connectivity index (χ3n) is 5.62. The lowest BCUT2D eigenvalue weighted by atomic mass is 10.1. The second-order valence-electron chi connectivity index (χ2n) is 7.98. The molecule has 2 aromatic rings. The van der Waals surface area contributed by atoms with Crippen molar-refractivity contribution >= 4 is 21.6 Å². The quantitative estimate of drug-likeness (QED) is 0.642. The number of rotatable bonds is 9. The van der Waals surface area contributed by atoms with Crippen molar-refractivity contribution in [1.82, 2.24) is 14.5 Å². The van der Waals surface area contributed by atoms with E-state index in [1.165, 1.54) is 9.99 Å². The molecule has 1 N–H and O–H groups in total. The molecule has 1 aliphatic heterocycles. The Labute approximate surface area is 185 Å². The van der Waals surface area contributed by atoms with E-state index in [0.29, 0.717) is 19.5 Å². The minimum atomic E-state index is -3.51. The molecule has 1 saturated heterocycles. The first-order valence-electron chi connectivity index (χ1n) is 10.7. The highest BCUT2D eigenvalue weighted by Gasteiger charge is 2.20. The van der Waals surface area contributed by atoms with Gasteiger partial charge in [0.25, 0.3) is 0 Å². The predicted octanol–water partition coefficient (Wildman–Crippen LogP) is 2.16. The van der Waals surface area contributed by atoms with Crippen LogP contribution in [-0.4, -0.2) is 70.3 Å². The van der Waals surface area contributed by atoms with Gasteiger partial charge in [-0.25, -0.2) is 12.7 Å². The van der Waals surface area contributed by atoms with Gasteiger partial charge in [-0.1, -0.05) is 30.3 Å². The Morgan fingerprint density at radius 1 is 1.00 bits per heavy atom. The number of likely N-dealkylation sites (N-methyl/N-ethyl adjacent to an activating group) is 1. The van der Waals surface area contributed by atoms with Gasteiger partial charge in [-0.2, -0.15) is 0 Å². The van der Waals surface area contributed by atoms with Crippen molar-refractivity contribution in [2.75, 3.05) is 51.7 Å². The van der Waals surface area contributed by atoms with E-state index in [1.54, 1.807) is 37.4 Å². The normalized spacial score (nSPS) is 15.3. The molecule has 8 heteroatoms. The van der Waals surface area contributed by atoms with Crippen molar-refractivity contribution in [1.29, 1.82) is 0 Å². The lowest BCUT2D eigenvalue weighted by Gasteiger charge is -2.34. The molecule has 1 heterocycles. The molecule has 0 aliphatic carbocycles. The number of nitrogens with one attached hydrogen (secondary N) is 1. The Morgan fingerprint density at radius 3 is 2.29 bits per heavy atom. The molecule has 1 amide bonds. The minimum absolute atomic E-state index is 0.0753. The number of amides is 1. The van der Waals surface area contributed by atoms with Crippen LogP contribution in [-0.2, 0) is 21.4 Å². The Bertz CT molecular complexity index is 941. The first kappa shape index (κ1) is 23.2. The van der Waals surface area contributed by atoms with Crippen LogP contribution in [0.3, 0.4) is 0 Å². The van der Waals surface area contributed by atoms with Gasteiger partial charge < -0.3 is 15.1 Å². The molecule has 0 unspecified atom stereocenters. The van der Waals surface area contributed by atoms with Crippen LogP contribution in [0.4, 0.5) is 5.69 Å². The maximum absolute atomic E-state index is 12.5. The summed E-state index contributed by atoms with van der Waals surface area (Å²) in [6, 6.07) is 16.6. The molecule has 168 valence electrons. The predicted molar refractivity (Wildman–Crippen MR) is 123 cm³/mol. The summed E-state index contributed by atoms with van der Waals surface area (Å²) >= 11 is 0. The molecular weight excluding hydrogens is 412 g/mol. The summed E-state index contributed by atoms with van der Waals surface area (Å²) in [6.07, 6.45) is 0.755. The highest BCUT2D eigenvalue weighted by molar-refractivity contribution is 7.89. The fourth-order valence-corrected chi connectivity index (χ4v) is 4.76. The summed E-state index contributed by atoms with van der Waals surface area (Å²) in [4.78, 5) is 17.1. The molecule has 1 fully saturated rings. The summed E-state index contributed by atoms with van der Waals surface area (Å²) in [5, 5.41) is 2.92. The Kier molecular flexibility index (Phi) is 8.06. The van der Waals surface area contributed by atoms with E-state index in [2.05, 4.69) is 34.3 Å². The highest BCUT2D eigenvalue weighted by atomic mass is 32.2. The van der Waals surface area contributed by atoms with Crippen LogP contribution in [0.15, 0.2) is 59.5 Å². The van der Waals surface area contributed by atoms with Crippen molar-refractivity contribution in [3.8, 4) is 0 Å². The van der Waals surface area contributed by atoms with Crippen molar-refractivity contribution < 1.29 is 13.2 Å². The molecule has 0 spiro atoms. The molecule has 0 radical (unpaired) electrons. The number of carbonyl (C=O) groups is 1. The van der Waals surface area contributed by atoms with Gasteiger partial charge in [0.05, 0.1) is 4.90 Å². The summed E-state index contributed by atoms with van der Waals surface area (Å²) in [5.41, 5.74) is 2.26. The summed E-state index contributed by atoms with van der Waals surface area (Å²) in [6.45, 7) is 4.96. The van der Waals surface area contributed by atoms with Crippen LogP contribution in [0.2, 0.25) is 0 Å². The standard InChI is InChI=1S/C23H32N4O3S/c1-25-15-17-27(18-16-25)21-12-10-20(11-13-21)19-24-23(28)9-6-14-26(2)31(29,30)22-7-4-3-5-8-22/h3-5,7-8,10-13H,6,9,14-19H2,1-2H3,(H,24,28). The molecule has 31 heavy (non-hydrogen) atoms. The second-order valence-corrected chi connectivity index (χ2v) is 10.0. The number of carbonyl (C=O) groups excluding carboxylic acids is 1. The van der Waals surface area contributed by atoms with Gasteiger partial charge >= 0.3 is 0 Å². The van der Waals surface area contributed by atoms with E-state index >= 15 is 0 Å². The Hall–Kier alpha value is -2.42. The minimum Gasteiger partial charge on any atom is -0.369 e. The number of hydrogen-bond donors (Lipinski definition) is 1. The second kappa shape index (κ2) is 10.7. The van der Waals surface area contributed by atoms with E-state index in [-0.39, 0.29) is 17.2 Å². The van der Waals surface area contributed by atoms with Crippen LogP contribution >= 0.6 is 0 Å². The van der Waals surface area contributed by atoms with Crippen LogP contribution < -0.4 is 10.2 Å². The zero-order valence-corrected chi connectivity index (χ0v) is 19.1. The maximum atomic E-state index is 12.5. The molecule has 2 aromatic carbocycles. The van der Waals surface area contributed by atoms with Gasteiger partial charge in [0.1, 0.15) is 0 Å². The van der Waals surface area contributed by atoms with Crippen molar-refractivity contribution in [3.63, 3.8) is 0 Å². The third-order valence-corrected chi connectivity index (χ3v) is 7.49. The Morgan fingerprint density at radius 2 is 1.65 bits per heavy atom. The largest absolute Gasteiger partial charge is 0.369 e. The first-order valence-corrected chi connectivity index (χ1v) is 12.1. The molecule has 0 aromatic heterocycles. The van der Waals surface area contributed by atoms with E-state index in [0.717, 1.165) is 31.7 Å². The average Bonchev–Trinajstić information content (AvgIpc) is 2.79. The van der Waals surface area contributed by atoms with E-state index in [4.69, 9.17) is 0 Å². The van der Waals surface area contributed by atoms with Crippen LogP contribution in [0.25, 0.3) is 0 Å².